The van der Waals surface area contributed by atoms with Crippen LogP contribution >= 0.6 is 0 Å². The van der Waals surface area contributed by atoms with Crippen molar-refractivity contribution in [2.75, 3.05) is 24.5 Å². The van der Waals surface area contributed by atoms with Crippen LogP contribution in [0.4, 0.5) is 5.82 Å². The molecule has 9 heteroatoms. The van der Waals surface area contributed by atoms with Gasteiger partial charge in [-0.3, -0.25) is 9.59 Å². The number of nitrogens with one attached hydrogen (secondary N) is 2. The lowest BCUT2D eigenvalue weighted by Gasteiger charge is -2.27. The molecular formula is C22H23N7O2. The minimum Gasteiger partial charge on any atom is -0.360 e. The maximum Gasteiger partial charge on any atom is 0.292 e. The predicted molar refractivity (Wildman–Crippen MR) is 117 cm³/mol. The second-order valence-electron chi connectivity index (χ2n) is 7.68. The molecule has 0 spiro atoms. The molecule has 31 heavy (non-hydrogen) atoms. The molecule has 1 saturated heterocycles. The summed E-state index contributed by atoms with van der Waals surface area (Å²) in [5, 5.41) is 8.78. The minimum atomic E-state index is -0.634. The van der Waals surface area contributed by atoms with Gasteiger partial charge in [0.2, 0.25) is 0 Å². The smallest absolute Gasteiger partial charge is 0.292 e. The van der Waals surface area contributed by atoms with Gasteiger partial charge in [-0.05, 0) is 25.3 Å². The maximum atomic E-state index is 12.6. The van der Waals surface area contributed by atoms with Gasteiger partial charge in [0.25, 0.3) is 11.7 Å². The van der Waals surface area contributed by atoms with E-state index < -0.39 is 11.7 Å². The van der Waals surface area contributed by atoms with Crippen LogP contribution in [0, 0.1) is 0 Å². The summed E-state index contributed by atoms with van der Waals surface area (Å²) >= 11 is 0. The van der Waals surface area contributed by atoms with Crippen LogP contribution in [0.2, 0.25) is 0 Å². The van der Waals surface area contributed by atoms with Crippen molar-refractivity contribution in [3.05, 3.63) is 48.5 Å². The first-order valence-electron chi connectivity index (χ1n) is 10.5. The van der Waals surface area contributed by atoms with E-state index in [4.69, 9.17) is 0 Å². The number of hydrogen-bond acceptors (Lipinski definition) is 6. The number of ketones is 1. The number of aromatic nitrogens is 5. The molecule has 1 aliphatic heterocycles. The number of hydrogen-bond donors (Lipinski definition) is 2. The van der Waals surface area contributed by atoms with Gasteiger partial charge in [-0.15, -0.1) is 0 Å². The van der Waals surface area contributed by atoms with Crippen LogP contribution in [0.25, 0.3) is 21.9 Å². The number of nitrogens with zero attached hydrogens (tertiary/aromatic N) is 5. The molecule has 0 radical (unpaired) electrons. The highest BCUT2D eigenvalue weighted by molar-refractivity contribution is 6.44. The summed E-state index contributed by atoms with van der Waals surface area (Å²) < 4.78 is 1.74. The summed E-state index contributed by atoms with van der Waals surface area (Å²) in [5.41, 5.74) is 1.93. The van der Waals surface area contributed by atoms with Crippen LogP contribution in [-0.2, 0) is 11.3 Å². The molecule has 5 rings (SSSR count). The van der Waals surface area contributed by atoms with E-state index in [-0.39, 0.29) is 6.54 Å². The molecular weight excluding hydrogens is 394 g/mol. The van der Waals surface area contributed by atoms with E-state index in [2.05, 4.69) is 30.3 Å². The number of fused-ring (bicyclic) bond motifs is 2. The fraction of sp³-hybridized carbons (Fsp3) is 0.318. The van der Waals surface area contributed by atoms with Crippen LogP contribution in [0.1, 0.15) is 29.6 Å². The van der Waals surface area contributed by atoms with Gasteiger partial charge in [0, 0.05) is 36.7 Å². The fourth-order valence-electron chi connectivity index (χ4n) is 4.14. The van der Waals surface area contributed by atoms with Gasteiger partial charge in [0.1, 0.15) is 12.1 Å². The highest BCUT2D eigenvalue weighted by Gasteiger charge is 2.20. The lowest BCUT2D eigenvalue weighted by atomic mass is 10.1. The van der Waals surface area contributed by atoms with Gasteiger partial charge in [0.05, 0.1) is 23.7 Å². The number of carbonyl (C=O) groups is 2. The second-order valence-corrected chi connectivity index (χ2v) is 7.68. The summed E-state index contributed by atoms with van der Waals surface area (Å²) in [7, 11) is 0. The quantitative estimate of drug-likeness (QED) is 0.368. The van der Waals surface area contributed by atoms with E-state index in [9.17, 15) is 9.59 Å². The van der Waals surface area contributed by atoms with Crippen molar-refractivity contribution in [1.82, 2.24) is 30.0 Å². The number of anilines is 1. The first-order valence-corrected chi connectivity index (χ1v) is 10.5. The van der Waals surface area contributed by atoms with Gasteiger partial charge in [-0.1, -0.05) is 18.2 Å². The van der Waals surface area contributed by atoms with E-state index in [0.29, 0.717) is 12.1 Å². The lowest BCUT2D eigenvalue weighted by molar-refractivity contribution is -0.117. The summed E-state index contributed by atoms with van der Waals surface area (Å²) in [4.78, 5) is 39.1. The summed E-state index contributed by atoms with van der Waals surface area (Å²) in [6.07, 6.45) is 8.49. The van der Waals surface area contributed by atoms with Gasteiger partial charge in [0.15, 0.2) is 5.65 Å². The Bertz CT molecular complexity index is 1250. The van der Waals surface area contributed by atoms with E-state index in [1.807, 2.05) is 24.3 Å². The normalized spacial score (nSPS) is 14.3. The van der Waals surface area contributed by atoms with E-state index in [0.717, 1.165) is 53.7 Å². The van der Waals surface area contributed by atoms with Gasteiger partial charge >= 0.3 is 0 Å². The van der Waals surface area contributed by atoms with Gasteiger partial charge < -0.3 is 15.2 Å². The first-order chi connectivity index (χ1) is 15.2. The molecule has 1 aliphatic rings. The third kappa shape index (κ3) is 3.63. The van der Waals surface area contributed by atoms with Crippen molar-refractivity contribution >= 4 is 39.4 Å². The third-order valence-corrected chi connectivity index (χ3v) is 5.72. The van der Waals surface area contributed by atoms with E-state index >= 15 is 0 Å². The molecule has 0 atom stereocenters. The third-order valence-electron chi connectivity index (χ3n) is 5.72. The molecule has 0 saturated carbocycles. The molecule has 1 fully saturated rings. The number of rotatable bonds is 6. The number of piperidine rings is 1. The maximum absolute atomic E-state index is 12.6. The number of benzene rings is 1. The molecule has 158 valence electrons. The molecule has 0 unspecified atom stereocenters. The molecule has 3 aromatic heterocycles. The minimum absolute atomic E-state index is 0.271. The van der Waals surface area contributed by atoms with Gasteiger partial charge in [-0.2, -0.15) is 5.10 Å². The van der Waals surface area contributed by atoms with Crippen molar-refractivity contribution in [3.63, 3.8) is 0 Å². The van der Waals surface area contributed by atoms with Crippen molar-refractivity contribution in [1.29, 1.82) is 0 Å². The molecule has 1 amide bonds. The molecule has 0 aliphatic carbocycles. The average molecular weight is 417 g/mol. The molecule has 0 bridgehead atoms. The molecule has 4 aromatic rings. The number of H-pyrrole nitrogens is 1. The Morgan fingerprint density at radius 1 is 1.06 bits per heavy atom. The molecule has 1 aromatic carbocycles. The van der Waals surface area contributed by atoms with Crippen molar-refractivity contribution in [2.45, 2.75) is 25.8 Å². The number of para-hydroxylation sites is 1. The highest BCUT2D eigenvalue weighted by Crippen LogP contribution is 2.25. The fourth-order valence-corrected chi connectivity index (χ4v) is 4.14. The largest absolute Gasteiger partial charge is 0.360 e. The Morgan fingerprint density at radius 3 is 2.77 bits per heavy atom. The highest BCUT2D eigenvalue weighted by atomic mass is 16.2. The predicted octanol–water partition coefficient (Wildman–Crippen LogP) is 2.30. The molecule has 9 nitrogen and oxygen atoms in total. The Kier molecular flexibility index (Phi) is 5.07. The zero-order valence-electron chi connectivity index (χ0n) is 17.0. The van der Waals surface area contributed by atoms with Crippen LogP contribution in [0.5, 0.6) is 0 Å². The zero-order valence-corrected chi connectivity index (χ0v) is 17.0. The van der Waals surface area contributed by atoms with Crippen LogP contribution < -0.4 is 10.2 Å². The van der Waals surface area contributed by atoms with Crippen LogP contribution in [-0.4, -0.2) is 56.1 Å². The van der Waals surface area contributed by atoms with Crippen molar-refractivity contribution < 1.29 is 9.59 Å². The Balaban J connectivity index is 1.26. The SMILES string of the molecule is O=C(NCCn1ncc2c(N3CCCCC3)ncnc21)C(=O)c1c[nH]c2ccccc12. The molecule has 2 N–H and O–H groups in total. The number of aromatic amines is 1. The van der Waals surface area contributed by atoms with Gasteiger partial charge in [-0.25, -0.2) is 14.6 Å². The monoisotopic (exact) mass is 417 g/mol. The number of amides is 1. The van der Waals surface area contributed by atoms with Crippen LogP contribution in [0.15, 0.2) is 43.0 Å². The number of carbonyl (C=O) groups excluding carboxylic acids is 2. The average Bonchev–Trinajstić information content (AvgIpc) is 3.43. The summed E-state index contributed by atoms with van der Waals surface area (Å²) in [6, 6.07) is 7.41. The van der Waals surface area contributed by atoms with Crippen molar-refractivity contribution in [3.8, 4) is 0 Å². The summed E-state index contributed by atoms with van der Waals surface area (Å²) in [6.45, 7) is 2.66. The zero-order chi connectivity index (χ0) is 21.2. The van der Waals surface area contributed by atoms with Crippen molar-refractivity contribution in [2.24, 2.45) is 0 Å². The topological polar surface area (TPSA) is 109 Å². The number of Topliss-reactive ketones (excluding diaryl/α,β-unsaturated/α-hetero) is 1. The standard InChI is InChI=1S/C22H23N7O2/c30-19(16-12-24-18-7-3-2-6-15(16)18)22(31)23-8-11-29-21-17(13-27-29)20(25-14-26-21)28-9-4-1-5-10-28/h2-3,6-7,12-14,24H,1,4-5,8-11H2,(H,23,31). The Hall–Kier alpha value is -3.75. The molecule has 4 heterocycles. The lowest BCUT2D eigenvalue weighted by Crippen LogP contribution is -2.33. The van der Waals surface area contributed by atoms with E-state index in [1.54, 1.807) is 23.4 Å². The Morgan fingerprint density at radius 2 is 1.90 bits per heavy atom. The summed E-state index contributed by atoms with van der Waals surface area (Å²) in [5.74, 6) is -0.281. The van der Waals surface area contributed by atoms with Crippen LogP contribution in [0.3, 0.4) is 0 Å². The van der Waals surface area contributed by atoms with E-state index in [1.165, 1.54) is 6.42 Å². The Labute approximate surface area is 178 Å². The second kappa shape index (κ2) is 8.17. The first kappa shape index (κ1) is 19.2.